The second-order valence-electron chi connectivity index (χ2n) is 15.4. The quantitative estimate of drug-likeness (QED) is 0.149. The molecule has 0 spiro atoms. The van der Waals surface area contributed by atoms with E-state index in [-0.39, 0.29) is 40.1 Å². The Morgan fingerprint density at radius 2 is 1.88 bits per heavy atom. The van der Waals surface area contributed by atoms with Gasteiger partial charge in [0.05, 0.1) is 16.6 Å². The first-order chi connectivity index (χ1) is 25.0. The standard InChI is InChI=1S/C40H43ClFN7O3/c1-39(2,3)30-23-51-31(44-30)13-14-32(50)48-20-15-26(22-48)47(4)37-28-21-43-35(27-11-5-9-25-10-6-12-29(41)33(25)27)34(42)36(28)45-38(46-37)52-24-40-16-7-18-49(40)19-8-17-40/h5-6,9-14,21,23,26H,7-8,15-20,22,24H2,1-4H3/b14-13+/t26-/m1/s1. The molecule has 0 aliphatic carbocycles. The van der Waals surface area contributed by atoms with Crippen molar-refractivity contribution in [3.05, 3.63) is 77.4 Å². The molecule has 6 heterocycles. The van der Waals surface area contributed by atoms with E-state index in [9.17, 15) is 4.79 Å². The molecule has 3 aromatic heterocycles. The number of anilines is 1. The molecule has 2 aromatic carbocycles. The Morgan fingerprint density at radius 3 is 2.63 bits per heavy atom. The van der Waals surface area contributed by atoms with Gasteiger partial charge in [-0.3, -0.25) is 14.7 Å². The number of nitrogens with zero attached hydrogens (tertiary/aromatic N) is 7. The average Bonchev–Trinajstić information content (AvgIpc) is 3.94. The molecule has 3 aliphatic heterocycles. The average molecular weight is 724 g/mol. The van der Waals surface area contributed by atoms with Gasteiger partial charge in [0.15, 0.2) is 5.82 Å². The van der Waals surface area contributed by atoms with Crippen LogP contribution in [0.3, 0.4) is 0 Å². The number of likely N-dealkylation sites (N-methyl/N-ethyl adjacent to an activating group) is 1. The van der Waals surface area contributed by atoms with Crippen molar-refractivity contribution in [1.29, 1.82) is 0 Å². The van der Waals surface area contributed by atoms with E-state index in [2.05, 4.69) is 35.6 Å². The zero-order chi connectivity index (χ0) is 36.2. The lowest BCUT2D eigenvalue weighted by Crippen LogP contribution is -2.43. The first kappa shape index (κ1) is 34.5. The first-order valence-electron chi connectivity index (χ1n) is 18.1. The highest BCUT2D eigenvalue weighted by Gasteiger charge is 2.45. The number of carbonyl (C=O) groups excluding carboxylic acids is 1. The molecule has 0 bridgehead atoms. The van der Waals surface area contributed by atoms with Crippen molar-refractivity contribution in [1.82, 2.24) is 29.7 Å². The van der Waals surface area contributed by atoms with Crippen molar-refractivity contribution < 1.29 is 18.3 Å². The monoisotopic (exact) mass is 723 g/mol. The van der Waals surface area contributed by atoms with Gasteiger partial charge in [-0.1, -0.05) is 62.7 Å². The van der Waals surface area contributed by atoms with Gasteiger partial charge in [0.1, 0.15) is 29.9 Å². The molecule has 8 rings (SSSR count). The zero-order valence-corrected chi connectivity index (χ0v) is 30.8. The number of fused-ring (bicyclic) bond motifs is 3. The minimum absolute atomic E-state index is 0.0364. The van der Waals surface area contributed by atoms with Gasteiger partial charge in [0.25, 0.3) is 0 Å². The second-order valence-corrected chi connectivity index (χ2v) is 15.8. The molecule has 12 heteroatoms. The van der Waals surface area contributed by atoms with Gasteiger partial charge in [-0.05, 0) is 56.6 Å². The van der Waals surface area contributed by atoms with Gasteiger partial charge < -0.3 is 19.0 Å². The number of oxazole rings is 1. The van der Waals surface area contributed by atoms with Crippen LogP contribution in [-0.2, 0) is 10.2 Å². The SMILES string of the molecule is CN(c1nc(OCC23CCCN2CCC3)nc2c(F)c(-c3cccc4cccc(Cl)c34)ncc12)[C@@H]1CCN(C(=O)/C=C/c2nc(C(C)(C)C)co2)C1. The molecule has 0 saturated carbocycles. The normalized spacial score (nSPS) is 19.0. The Labute approximate surface area is 307 Å². The third kappa shape index (κ3) is 6.27. The molecule has 3 saturated heterocycles. The van der Waals surface area contributed by atoms with Crippen molar-refractivity contribution >= 4 is 51.1 Å². The number of rotatable bonds is 8. The molecular weight excluding hydrogens is 681 g/mol. The molecular formula is C40H43ClFN7O3. The number of likely N-dealkylation sites (tertiary alicyclic amines) is 1. The summed E-state index contributed by atoms with van der Waals surface area (Å²) in [7, 11) is 1.92. The molecule has 10 nitrogen and oxygen atoms in total. The maximum atomic E-state index is 16.9. The molecule has 5 aromatic rings. The topological polar surface area (TPSA) is 101 Å². The maximum Gasteiger partial charge on any atom is 0.319 e. The maximum absolute atomic E-state index is 16.9. The molecule has 52 heavy (non-hydrogen) atoms. The van der Waals surface area contributed by atoms with E-state index in [4.69, 9.17) is 30.7 Å². The van der Waals surface area contributed by atoms with E-state index >= 15 is 4.39 Å². The van der Waals surface area contributed by atoms with Crippen LogP contribution in [0.25, 0.3) is 39.0 Å². The van der Waals surface area contributed by atoms with E-state index in [0.717, 1.165) is 55.2 Å². The molecule has 3 aliphatic rings. The number of benzene rings is 2. The highest BCUT2D eigenvalue weighted by Crippen LogP contribution is 2.40. The van der Waals surface area contributed by atoms with Crippen LogP contribution in [0.15, 0.2) is 59.4 Å². The third-order valence-corrected chi connectivity index (χ3v) is 11.4. The highest BCUT2D eigenvalue weighted by atomic mass is 35.5. The third-order valence-electron chi connectivity index (χ3n) is 11.0. The van der Waals surface area contributed by atoms with E-state index in [0.29, 0.717) is 53.8 Å². The van der Waals surface area contributed by atoms with Crippen molar-refractivity contribution in [3.8, 4) is 17.3 Å². The summed E-state index contributed by atoms with van der Waals surface area (Å²) < 4.78 is 28.9. The number of pyridine rings is 1. The molecule has 270 valence electrons. The lowest BCUT2D eigenvalue weighted by molar-refractivity contribution is -0.124. The van der Waals surface area contributed by atoms with Crippen LogP contribution in [0.5, 0.6) is 6.01 Å². The van der Waals surface area contributed by atoms with Gasteiger partial charge >= 0.3 is 6.01 Å². The van der Waals surface area contributed by atoms with Crippen LogP contribution in [-0.4, -0.2) is 87.1 Å². The Morgan fingerprint density at radius 1 is 1.12 bits per heavy atom. The van der Waals surface area contributed by atoms with Crippen molar-refractivity contribution in [2.24, 2.45) is 0 Å². The predicted octanol–water partition coefficient (Wildman–Crippen LogP) is 7.68. The summed E-state index contributed by atoms with van der Waals surface area (Å²) in [5.74, 6) is 0.197. The summed E-state index contributed by atoms with van der Waals surface area (Å²) in [6, 6.07) is 11.3. The van der Waals surface area contributed by atoms with Gasteiger partial charge in [-0.25, -0.2) is 9.37 Å². The lowest BCUT2D eigenvalue weighted by Gasteiger charge is -2.31. The Kier molecular flexibility index (Phi) is 8.90. The molecule has 0 unspecified atom stereocenters. The Hall–Kier alpha value is -4.61. The van der Waals surface area contributed by atoms with Gasteiger partial charge in [-0.15, -0.1) is 0 Å². The summed E-state index contributed by atoms with van der Waals surface area (Å²) in [5, 5.41) is 2.60. The number of halogens is 2. The smallest absolute Gasteiger partial charge is 0.319 e. The van der Waals surface area contributed by atoms with Gasteiger partial charge in [-0.2, -0.15) is 9.97 Å². The van der Waals surface area contributed by atoms with Crippen LogP contribution in [0.4, 0.5) is 10.2 Å². The number of carbonyl (C=O) groups is 1. The fraction of sp³-hybridized carbons (Fsp3) is 0.425. The first-order valence-corrected chi connectivity index (χ1v) is 18.5. The van der Waals surface area contributed by atoms with Crippen LogP contribution >= 0.6 is 11.6 Å². The molecule has 0 radical (unpaired) electrons. The minimum Gasteiger partial charge on any atom is -0.461 e. The van der Waals surface area contributed by atoms with Crippen LogP contribution in [0, 0.1) is 5.82 Å². The number of aromatic nitrogens is 4. The molecule has 1 amide bonds. The van der Waals surface area contributed by atoms with Crippen molar-refractivity contribution in [3.63, 3.8) is 0 Å². The second kappa shape index (κ2) is 13.4. The fourth-order valence-corrected chi connectivity index (χ4v) is 8.37. The van der Waals surface area contributed by atoms with Gasteiger partial charge in [0.2, 0.25) is 11.8 Å². The van der Waals surface area contributed by atoms with Crippen molar-refractivity contribution in [2.45, 2.75) is 69.9 Å². The molecule has 1 atom stereocenters. The Balaban J connectivity index is 1.11. The summed E-state index contributed by atoms with van der Waals surface area (Å²) in [4.78, 5) is 38.3. The fourth-order valence-electron chi connectivity index (χ4n) is 8.08. The number of amides is 1. The predicted molar refractivity (Wildman–Crippen MR) is 201 cm³/mol. The summed E-state index contributed by atoms with van der Waals surface area (Å²) in [6.45, 7) is 9.76. The van der Waals surface area contributed by atoms with Crippen molar-refractivity contribution in [2.75, 3.05) is 44.7 Å². The van der Waals surface area contributed by atoms with E-state index in [1.54, 1.807) is 29.5 Å². The summed E-state index contributed by atoms with van der Waals surface area (Å²) in [6.07, 6.45) is 11.5. The zero-order valence-electron chi connectivity index (χ0n) is 30.0. The number of hydrogen-bond donors (Lipinski definition) is 0. The molecule has 3 fully saturated rings. The van der Waals surface area contributed by atoms with E-state index in [1.165, 1.54) is 6.08 Å². The van der Waals surface area contributed by atoms with Crippen LogP contribution in [0.2, 0.25) is 5.02 Å². The summed E-state index contributed by atoms with van der Waals surface area (Å²) in [5.41, 5.74) is 1.51. The number of ether oxygens (including phenoxy) is 1. The summed E-state index contributed by atoms with van der Waals surface area (Å²) >= 11 is 6.65. The highest BCUT2D eigenvalue weighted by molar-refractivity contribution is 6.36. The van der Waals surface area contributed by atoms with Crippen LogP contribution in [0.1, 0.15) is 64.5 Å². The van der Waals surface area contributed by atoms with Gasteiger partial charge in [0, 0.05) is 65.9 Å². The molecule has 0 N–H and O–H groups in total. The Bertz CT molecular complexity index is 2180. The minimum atomic E-state index is -0.567. The number of hydrogen-bond acceptors (Lipinski definition) is 9. The van der Waals surface area contributed by atoms with Crippen LogP contribution < -0.4 is 9.64 Å². The lowest BCUT2D eigenvalue weighted by atomic mass is 9.93. The van der Waals surface area contributed by atoms with E-state index in [1.807, 2.05) is 42.3 Å². The van der Waals surface area contributed by atoms with E-state index < -0.39 is 5.82 Å². The largest absolute Gasteiger partial charge is 0.461 e.